The minimum atomic E-state index is -0.361. The van der Waals surface area contributed by atoms with Crippen LogP contribution in [0.4, 0.5) is 11.4 Å². The number of nitro groups is 1. The van der Waals surface area contributed by atoms with Crippen LogP contribution in [0.25, 0.3) is 0 Å². The summed E-state index contributed by atoms with van der Waals surface area (Å²) in [4.78, 5) is 11.6. The maximum Gasteiger partial charge on any atom is 0.272 e. The average Bonchev–Trinajstić information content (AvgIpc) is 2.45. The van der Waals surface area contributed by atoms with E-state index >= 15 is 0 Å². The Hall–Kier alpha value is -2.01. The second kappa shape index (κ2) is 6.43. The van der Waals surface area contributed by atoms with Crippen LogP contribution in [-0.4, -0.2) is 11.2 Å². The molecule has 5 heteroatoms. The zero-order valence-electron chi connectivity index (χ0n) is 11.4. The van der Waals surface area contributed by atoms with Crippen molar-refractivity contribution in [2.75, 3.05) is 11.6 Å². The Bertz CT molecular complexity index is 612. The van der Waals surface area contributed by atoms with Crippen LogP contribution in [0, 0.1) is 17.0 Å². The highest BCUT2D eigenvalue weighted by atomic mass is 32.2. The van der Waals surface area contributed by atoms with E-state index in [1.807, 2.05) is 6.26 Å². The maximum absolute atomic E-state index is 10.8. The molecule has 0 spiro atoms. The highest BCUT2D eigenvalue weighted by Gasteiger charge is 2.09. The smallest absolute Gasteiger partial charge is 0.272 e. The van der Waals surface area contributed by atoms with E-state index in [4.69, 9.17) is 0 Å². The molecular weight excluding hydrogens is 272 g/mol. The van der Waals surface area contributed by atoms with Gasteiger partial charge in [0.2, 0.25) is 0 Å². The third kappa shape index (κ3) is 3.51. The first kappa shape index (κ1) is 14.4. The normalized spacial score (nSPS) is 10.3. The number of thioether (sulfide) groups is 1. The zero-order chi connectivity index (χ0) is 14.5. The molecule has 104 valence electrons. The number of anilines is 1. The van der Waals surface area contributed by atoms with E-state index in [-0.39, 0.29) is 10.6 Å². The Morgan fingerprint density at radius 3 is 2.45 bits per heavy atom. The number of nitro benzene ring substituents is 1. The molecular formula is C15H16N2O2S. The summed E-state index contributed by atoms with van der Waals surface area (Å²) in [7, 11) is 0. The van der Waals surface area contributed by atoms with Crippen LogP contribution in [0.1, 0.15) is 11.1 Å². The first-order valence-electron chi connectivity index (χ1n) is 6.22. The molecule has 0 bridgehead atoms. The van der Waals surface area contributed by atoms with Crippen molar-refractivity contribution in [1.29, 1.82) is 0 Å². The number of hydrogen-bond donors (Lipinski definition) is 1. The van der Waals surface area contributed by atoms with E-state index < -0.39 is 0 Å². The molecule has 0 heterocycles. The van der Waals surface area contributed by atoms with Gasteiger partial charge in [-0.05, 0) is 43.0 Å². The quantitative estimate of drug-likeness (QED) is 0.508. The van der Waals surface area contributed by atoms with Crippen molar-refractivity contribution in [3.8, 4) is 0 Å². The molecule has 0 saturated carbocycles. The number of rotatable bonds is 5. The van der Waals surface area contributed by atoms with Crippen LogP contribution in [0.3, 0.4) is 0 Å². The van der Waals surface area contributed by atoms with Crippen LogP contribution in [0.15, 0.2) is 47.4 Å². The third-order valence-corrected chi connectivity index (χ3v) is 3.79. The van der Waals surface area contributed by atoms with Gasteiger partial charge in [-0.2, -0.15) is 0 Å². The molecule has 2 aromatic carbocycles. The van der Waals surface area contributed by atoms with Gasteiger partial charge >= 0.3 is 0 Å². The van der Waals surface area contributed by atoms with Gasteiger partial charge in [-0.1, -0.05) is 12.1 Å². The lowest BCUT2D eigenvalue weighted by Gasteiger charge is -2.08. The largest absolute Gasteiger partial charge is 0.381 e. The number of aryl methyl sites for hydroxylation is 1. The van der Waals surface area contributed by atoms with Gasteiger partial charge in [0.1, 0.15) is 0 Å². The molecule has 2 aromatic rings. The first-order valence-corrected chi connectivity index (χ1v) is 7.44. The molecule has 0 amide bonds. The van der Waals surface area contributed by atoms with E-state index in [2.05, 4.69) is 29.6 Å². The second-order valence-electron chi connectivity index (χ2n) is 4.46. The summed E-state index contributed by atoms with van der Waals surface area (Å²) in [6.07, 6.45) is 2.05. The molecule has 1 N–H and O–H groups in total. The van der Waals surface area contributed by atoms with Gasteiger partial charge in [-0.3, -0.25) is 10.1 Å². The van der Waals surface area contributed by atoms with Gasteiger partial charge in [-0.25, -0.2) is 0 Å². The fourth-order valence-electron chi connectivity index (χ4n) is 1.92. The molecule has 0 aliphatic rings. The fourth-order valence-corrected chi connectivity index (χ4v) is 2.33. The maximum atomic E-state index is 10.8. The number of benzene rings is 2. The molecule has 0 fully saturated rings. The van der Waals surface area contributed by atoms with Crippen LogP contribution >= 0.6 is 11.8 Å². The molecule has 0 aromatic heterocycles. The monoisotopic (exact) mass is 288 g/mol. The molecule has 0 aliphatic carbocycles. The molecule has 20 heavy (non-hydrogen) atoms. The lowest BCUT2D eigenvalue weighted by molar-refractivity contribution is -0.385. The molecule has 0 radical (unpaired) electrons. The highest BCUT2D eigenvalue weighted by Crippen LogP contribution is 2.22. The third-order valence-electron chi connectivity index (χ3n) is 3.05. The summed E-state index contributed by atoms with van der Waals surface area (Å²) in [6.45, 7) is 2.45. The van der Waals surface area contributed by atoms with E-state index in [1.54, 1.807) is 30.8 Å². The van der Waals surface area contributed by atoms with Gasteiger partial charge in [0.05, 0.1) is 4.92 Å². The topological polar surface area (TPSA) is 55.2 Å². The summed E-state index contributed by atoms with van der Waals surface area (Å²) in [6, 6.07) is 13.4. The van der Waals surface area contributed by atoms with Crippen molar-refractivity contribution < 1.29 is 4.92 Å². The summed E-state index contributed by atoms with van der Waals surface area (Å²) in [5.41, 5.74) is 2.89. The van der Waals surface area contributed by atoms with Gasteiger partial charge in [0.15, 0.2) is 0 Å². The minimum absolute atomic E-state index is 0.153. The summed E-state index contributed by atoms with van der Waals surface area (Å²) in [5.74, 6) is 0. The van der Waals surface area contributed by atoms with Crippen molar-refractivity contribution in [3.05, 3.63) is 63.7 Å². The molecule has 0 unspecified atom stereocenters. The van der Waals surface area contributed by atoms with Crippen molar-refractivity contribution in [2.45, 2.75) is 18.4 Å². The van der Waals surface area contributed by atoms with Crippen LogP contribution < -0.4 is 5.32 Å². The Morgan fingerprint density at radius 1 is 1.20 bits per heavy atom. The van der Waals surface area contributed by atoms with E-state index in [9.17, 15) is 10.1 Å². The van der Waals surface area contributed by atoms with Crippen molar-refractivity contribution in [3.63, 3.8) is 0 Å². The molecule has 0 atom stereocenters. The van der Waals surface area contributed by atoms with Crippen LogP contribution in [-0.2, 0) is 6.54 Å². The Morgan fingerprint density at radius 2 is 1.90 bits per heavy atom. The molecule has 0 aliphatic heterocycles. The minimum Gasteiger partial charge on any atom is -0.381 e. The van der Waals surface area contributed by atoms with Crippen molar-refractivity contribution in [1.82, 2.24) is 0 Å². The molecule has 2 rings (SSSR count). The lowest BCUT2D eigenvalue weighted by Crippen LogP contribution is -2.00. The van der Waals surface area contributed by atoms with Gasteiger partial charge in [0.25, 0.3) is 5.69 Å². The van der Waals surface area contributed by atoms with Gasteiger partial charge in [0, 0.05) is 28.8 Å². The van der Waals surface area contributed by atoms with Crippen LogP contribution in [0.2, 0.25) is 0 Å². The average molecular weight is 288 g/mol. The first-order chi connectivity index (χ1) is 9.60. The Labute approximate surface area is 122 Å². The summed E-state index contributed by atoms with van der Waals surface area (Å²) >= 11 is 1.71. The lowest BCUT2D eigenvalue weighted by atomic mass is 10.1. The van der Waals surface area contributed by atoms with Gasteiger partial charge < -0.3 is 5.32 Å². The molecule has 0 saturated heterocycles. The summed E-state index contributed by atoms with van der Waals surface area (Å²) in [5, 5.41) is 14.0. The van der Waals surface area contributed by atoms with E-state index in [0.717, 1.165) is 5.69 Å². The highest BCUT2D eigenvalue weighted by molar-refractivity contribution is 7.98. The molecule has 4 nitrogen and oxygen atoms in total. The zero-order valence-corrected chi connectivity index (χ0v) is 12.2. The Balaban J connectivity index is 2.03. The second-order valence-corrected chi connectivity index (χ2v) is 5.34. The van der Waals surface area contributed by atoms with Crippen molar-refractivity contribution >= 4 is 23.1 Å². The van der Waals surface area contributed by atoms with E-state index in [0.29, 0.717) is 12.1 Å². The number of nitrogens with zero attached hydrogens (tertiary/aromatic N) is 1. The predicted molar refractivity (Wildman–Crippen MR) is 83.4 cm³/mol. The number of nitrogens with one attached hydrogen (secondary N) is 1. The Kier molecular flexibility index (Phi) is 4.63. The van der Waals surface area contributed by atoms with Crippen LogP contribution in [0.5, 0.6) is 0 Å². The van der Waals surface area contributed by atoms with Crippen molar-refractivity contribution in [2.24, 2.45) is 0 Å². The fraction of sp³-hybridized carbons (Fsp3) is 0.200. The number of hydrogen-bond acceptors (Lipinski definition) is 4. The standard InChI is InChI=1S/C15H16N2O2S/c1-11-9-13(5-8-15(11)17(18)19)16-10-12-3-6-14(20-2)7-4-12/h3-9,16H,10H2,1-2H3. The van der Waals surface area contributed by atoms with E-state index in [1.165, 1.54) is 16.5 Å². The van der Waals surface area contributed by atoms with Gasteiger partial charge in [-0.15, -0.1) is 11.8 Å². The summed E-state index contributed by atoms with van der Waals surface area (Å²) < 4.78 is 0. The predicted octanol–water partition coefficient (Wildman–Crippen LogP) is 4.24. The SMILES string of the molecule is CSc1ccc(CNc2ccc([N+](=O)[O-])c(C)c2)cc1.